The van der Waals surface area contributed by atoms with Gasteiger partial charge in [-0.3, -0.25) is 24.1 Å². The Morgan fingerprint density at radius 2 is 1.03 bits per heavy atom. The molecular weight excluding hydrogens is 1490 g/mol. The molecular formula is C86H128B3ClF2N8O15. The number of benzene rings is 3. The molecule has 0 aromatic heterocycles. The standard InChI is InChI=1S/C30H45BN2O5.C26H35BF2N4O4.C18H26BNO2.C12H21NO4.ClH/c1-28(2,3)36-27(35)33-14-10-13-21(19-33)16-26(34)32-25(15-20-11-8-7-9-12-20)31-37-24-18-22-17-23(29(22,4)5)30(24,6)38-31;1-25(2,33-12-10-26(28,29)18-33)15-21(16-30)24(35)32-11-6-9-20(17-32)14-23(34)31-22(27(36)37)13-19-7-4-3-5-8-19;1-17(2)13-10-14(17)18(3)15(11-13)21-19(22-18)16(20)9-12-7-5-4-6-8-12;1-12(2,3)17-11(16)13-6-4-5-9(8-13)7-10(14)15;/h7-9,11-12,21-25H,10,13-19H2,1-6H3,(H,32,34);3-5,7-8,15,20,22,36-37H,6,9-14,17-18H2,1-2H3,(H,31,34);4-8,13-16H,9-11,20H2,1-3H3;9H,4-8H2,1-3H3,(H,14,15);1H/t21-,22+,23+,24-,25+,30+;20-,22+;13-,14-,15+,16-,18-;9-;/m1101./s1. The molecule has 23 nitrogen and oxygen atoms in total. The van der Waals surface area contributed by atoms with E-state index in [1.165, 1.54) is 29.4 Å². The fourth-order valence-corrected chi connectivity index (χ4v) is 19.5. The van der Waals surface area contributed by atoms with Gasteiger partial charge in [0.05, 0.1) is 41.8 Å². The van der Waals surface area contributed by atoms with Gasteiger partial charge in [-0.2, -0.15) is 5.26 Å². The molecule has 7 N–H and O–H groups in total. The molecule has 6 saturated carbocycles. The summed E-state index contributed by atoms with van der Waals surface area (Å²) in [5, 5.41) is 43.9. The van der Waals surface area contributed by atoms with Crippen LogP contribution in [0.2, 0.25) is 0 Å². The number of halogens is 3. The van der Waals surface area contributed by atoms with Crippen molar-refractivity contribution >= 4 is 69.6 Å². The molecule has 0 spiro atoms. The predicted molar refractivity (Wildman–Crippen MR) is 441 cm³/mol. The van der Waals surface area contributed by atoms with Crippen molar-refractivity contribution in [3.63, 3.8) is 0 Å². The van der Waals surface area contributed by atoms with Gasteiger partial charge in [-0.05, 0) is 228 Å². The Morgan fingerprint density at radius 1 is 0.617 bits per heavy atom. The van der Waals surface area contributed by atoms with Crippen LogP contribution in [0.1, 0.15) is 204 Å². The fraction of sp³-hybridized carbons (Fsp3) is 0.686. The van der Waals surface area contributed by atoms with Crippen molar-refractivity contribution in [2.75, 3.05) is 52.4 Å². The summed E-state index contributed by atoms with van der Waals surface area (Å²) in [6, 6.07) is 31.7. The number of hydrogen-bond donors (Lipinski definition) is 6. The number of nitrogens with one attached hydrogen (secondary N) is 2. The molecule has 3 aromatic carbocycles. The maximum Gasteiger partial charge on any atom is 0.482 e. The summed E-state index contributed by atoms with van der Waals surface area (Å²) in [5.41, 5.74) is 7.78. The predicted octanol–water partition coefficient (Wildman–Crippen LogP) is 12.3. The van der Waals surface area contributed by atoms with E-state index in [0.717, 1.165) is 62.0 Å². The van der Waals surface area contributed by atoms with Crippen LogP contribution in [-0.2, 0) is 66.5 Å². The Bertz CT molecular complexity index is 3860. The molecule has 6 aliphatic carbocycles. The number of likely N-dealkylation sites (tertiary alicyclic amines) is 4. The molecule has 0 radical (unpaired) electrons. The van der Waals surface area contributed by atoms with E-state index < -0.39 is 61.3 Å². The number of amides is 5. The number of nitrogens with two attached hydrogens (primary N) is 1. The van der Waals surface area contributed by atoms with Gasteiger partial charge in [0, 0.05) is 83.0 Å². The quantitative estimate of drug-likeness (QED) is 0.0348. The van der Waals surface area contributed by atoms with E-state index in [1.807, 2.05) is 102 Å². The third-order valence-corrected chi connectivity index (χ3v) is 26.0. The van der Waals surface area contributed by atoms with Crippen LogP contribution >= 0.6 is 12.4 Å². The van der Waals surface area contributed by atoms with Gasteiger partial charge >= 0.3 is 39.5 Å². The second-order valence-corrected chi connectivity index (χ2v) is 38.2. The molecule has 0 unspecified atom stereocenters. The van der Waals surface area contributed by atoms with Gasteiger partial charge in [0.25, 0.3) is 11.8 Å². The molecule has 3 aromatic rings. The lowest BCUT2D eigenvalue weighted by atomic mass is 9.43. The number of carboxylic acid groups (broad SMARTS) is 1. The third kappa shape index (κ3) is 23.9. The van der Waals surface area contributed by atoms with Gasteiger partial charge in [0.1, 0.15) is 22.8 Å². The van der Waals surface area contributed by atoms with Crippen LogP contribution in [0.4, 0.5) is 18.4 Å². The summed E-state index contributed by atoms with van der Waals surface area (Å²) in [7, 11) is -2.48. The lowest BCUT2D eigenvalue weighted by Gasteiger charge is -2.64. The average molecular weight is 1620 g/mol. The molecule has 632 valence electrons. The van der Waals surface area contributed by atoms with E-state index in [0.29, 0.717) is 81.6 Å². The zero-order valence-corrected chi connectivity index (χ0v) is 71.1. The van der Waals surface area contributed by atoms with Crippen LogP contribution in [0, 0.1) is 63.6 Å². The van der Waals surface area contributed by atoms with Crippen LogP contribution in [0.15, 0.2) is 103 Å². The normalized spacial score (nSPS) is 28.4. The summed E-state index contributed by atoms with van der Waals surface area (Å²) >= 11 is 0. The molecule has 12 aliphatic rings. The third-order valence-electron chi connectivity index (χ3n) is 26.0. The number of carboxylic acids is 1. The van der Waals surface area contributed by atoms with Gasteiger partial charge in [-0.25, -0.2) is 18.4 Å². The minimum Gasteiger partial charge on any atom is -0.481 e. The van der Waals surface area contributed by atoms with E-state index in [4.69, 9.17) is 38.9 Å². The lowest BCUT2D eigenvalue weighted by Crippen LogP contribution is -2.65. The Balaban J connectivity index is 0.000000183. The number of hydrogen-bond acceptors (Lipinski definition) is 17. The molecule has 6 heterocycles. The number of ether oxygens (including phenoxy) is 2. The van der Waals surface area contributed by atoms with Crippen LogP contribution in [-0.4, -0.2) is 208 Å². The first-order chi connectivity index (χ1) is 53.4. The second-order valence-electron chi connectivity index (χ2n) is 38.2. The van der Waals surface area contributed by atoms with Crippen LogP contribution < -0.4 is 16.4 Å². The highest BCUT2D eigenvalue weighted by molar-refractivity contribution is 6.48. The zero-order valence-electron chi connectivity index (χ0n) is 70.3. The number of rotatable bonds is 20. The Hall–Kier alpha value is -6.67. The number of nitrogens with zero attached hydrogens (tertiary/aromatic N) is 5. The summed E-state index contributed by atoms with van der Waals surface area (Å²) < 4.78 is 64.3. The van der Waals surface area contributed by atoms with Crippen molar-refractivity contribution < 1.29 is 80.8 Å². The van der Waals surface area contributed by atoms with Crippen LogP contribution in [0.5, 0.6) is 0 Å². The van der Waals surface area contributed by atoms with E-state index in [-0.39, 0.29) is 146 Å². The summed E-state index contributed by atoms with van der Waals surface area (Å²) in [6.07, 6.45) is 12.6. The maximum absolute atomic E-state index is 13.7. The number of carbonyl (C=O) groups is 6. The van der Waals surface area contributed by atoms with E-state index >= 15 is 0 Å². The first-order valence-corrected chi connectivity index (χ1v) is 41.7. The van der Waals surface area contributed by atoms with Crippen LogP contribution in [0.3, 0.4) is 0 Å². The molecule has 6 aliphatic heterocycles. The first-order valence-electron chi connectivity index (χ1n) is 41.7. The summed E-state index contributed by atoms with van der Waals surface area (Å²) in [5.74, 6) is -3.16. The number of carbonyl (C=O) groups excluding carboxylic acids is 5. The van der Waals surface area contributed by atoms with Crippen LogP contribution in [0.25, 0.3) is 0 Å². The van der Waals surface area contributed by atoms with Gasteiger partial charge < -0.3 is 74.3 Å². The molecule has 6 saturated heterocycles. The van der Waals surface area contributed by atoms with E-state index in [1.54, 1.807) is 28.5 Å². The number of aliphatic carboxylic acids is 1. The van der Waals surface area contributed by atoms with E-state index in [9.17, 15) is 52.9 Å². The Morgan fingerprint density at radius 3 is 1.46 bits per heavy atom. The monoisotopic (exact) mass is 1620 g/mol. The number of alkyl halides is 2. The van der Waals surface area contributed by atoms with Crippen molar-refractivity contribution in [3.8, 4) is 6.07 Å². The van der Waals surface area contributed by atoms with E-state index in [2.05, 4.69) is 88.6 Å². The maximum atomic E-state index is 13.7. The molecule has 14 atom stereocenters. The van der Waals surface area contributed by atoms with Crippen molar-refractivity contribution in [2.24, 2.45) is 58.0 Å². The zero-order chi connectivity index (χ0) is 83.1. The van der Waals surface area contributed by atoms with Crippen molar-refractivity contribution in [2.45, 2.75) is 270 Å². The average Bonchev–Trinajstić information content (AvgIpc) is 1.62. The highest BCUT2D eigenvalue weighted by Crippen LogP contribution is 2.67. The molecule has 115 heavy (non-hydrogen) atoms. The Labute approximate surface area is 688 Å². The smallest absolute Gasteiger partial charge is 0.481 e. The number of nitriles is 1. The first kappa shape index (κ1) is 92.2. The molecule has 5 amide bonds. The van der Waals surface area contributed by atoms with Gasteiger partial charge in [-0.1, -0.05) is 119 Å². The highest BCUT2D eigenvalue weighted by atomic mass is 35.5. The largest absolute Gasteiger partial charge is 0.482 e. The van der Waals surface area contributed by atoms with Gasteiger partial charge in [0.2, 0.25) is 11.8 Å². The molecule has 4 bridgehead atoms. The number of piperidine rings is 3. The molecule has 29 heteroatoms. The Kier molecular flexibility index (Phi) is 30.6. The topological polar surface area (TPSA) is 305 Å². The highest BCUT2D eigenvalue weighted by Gasteiger charge is 2.70. The second kappa shape index (κ2) is 38.2. The van der Waals surface area contributed by atoms with Crippen molar-refractivity contribution in [3.05, 3.63) is 119 Å². The lowest BCUT2D eigenvalue weighted by molar-refractivity contribution is -0.199. The molecule has 12 fully saturated rings. The van der Waals surface area contributed by atoms with Crippen molar-refractivity contribution in [1.82, 2.24) is 30.2 Å². The van der Waals surface area contributed by atoms with Crippen molar-refractivity contribution in [1.29, 1.82) is 5.26 Å². The SMILES string of the molecule is CC(C)(C)OC(=O)N1CCC[C@H](CC(=O)N[C@@H](Cc2ccccc2)B2O[C@@H]3C[C@@H]4C[C@@H](C4(C)C)[C@]3(C)O2)C1.CC(C)(C)OC(=O)N1CCC[C@H](CC(=O)O)C1.CC(C)(C=C(C#N)C(=O)N1CCC[C@H](CC(=O)N[C@@H](Cc2ccccc2)B(O)O)C1)N1CCC(F)(F)C1.CC1(C)[C@@H]2C[C@H]3OB([C@@H](N)Cc4ccccc4)O[C@@]3(C)[C@H]1C2.Cl. The summed E-state index contributed by atoms with van der Waals surface area (Å²) in [6.45, 7) is 31.3. The minimum atomic E-state index is -2.78. The molecule has 15 rings (SSSR count). The minimum absolute atomic E-state index is 0. The van der Waals surface area contributed by atoms with Gasteiger partial charge in [0.15, 0.2) is 0 Å². The van der Waals surface area contributed by atoms with Gasteiger partial charge in [-0.15, -0.1) is 12.4 Å². The summed E-state index contributed by atoms with van der Waals surface area (Å²) in [4.78, 5) is 80.7. The fourth-order valence-electron chi connectivity index (χ4n) is 19.5.